The minimum Gasteiger partial charge on any atom is -0.468 e. The van der Waals surface area contributed by atoms with Gasteiger partial charge in [0.1, 0.15) is 6.04 Å². The van der Waals surface area contributed by atoms with E-state index >= 15 is 0 Å². The molecule has 0 aliphatic heterocycles. The number of hydrogen-bond donors (Lipinski definition) is 2. The van der Waals surface area contributed by atoms with E-state index in [0.29, 0.717) is 6.54 Å². The molecule has 0 amide bonds. The number of methoxy groups -OCH3 is 1. The van der Waals surface area contributed by atoms with E-state index in [1.807, 2.05) is 19.9 Å². The lowest BCUT2D eigenvalue weighted by atomic mass is 10.3. The van der Waals surface area contributed by atoms with Crippen LogP contribution in [0.2, 0.25) is 0 Å². The quantitative estimate of drug-likeness (QED) is 0.472. The molecule has 1 atom stereocenters. The molecule has 13 heavy (non-hydrogen) atoms. The summed E-state index contributed by atoms with van der Waals surface area (Å²) in [5.74, 6) is -0.440. The molecule has 2 N–H and O–H groups in total. The number of hydrogen-bond acceptors (Lipinski definition) is 4. The van der Waals surface area contributed by atoms with E-state index < -0.39 is 12.0 Å². The normalized spacial score (nSPS) is 12.0. The van der Waals surface area contributed by atoms with Crippen LogP contribution in [0.15, 0.2) is 11.6 Å². The fourth-order valence-corrected chi connectivity index (χ4v) is 0.770. The number of esters is 1. The largest absolute Gasteiger partial charge is 0.468 e. The van der Waals surface area contributed by atoms with Gasteiger partial charge in [-0.15, -0.1) is 0 Å². The second-order valence-corrected chi connectivity index (χ2v) is 2.95. The first-order valence-corrected chi connectivity index (χ1v) is 4.17. The van der Waals surface area contributed by atoms with Crippen LogP contribution in [0.3, 0.4) is 0 Å². The van der Waals surface area contributed by atoms with Gasteiger partial charge in [-0.2, -0.15) is 0 Å². The van der Waals surface area contributed by atoms with E-state index in [2.05, 4.69) is 10.1 Å². The van der Waals surface area contributed by atoms with Gasteiger partial charge >= 0.3 is 5.97 Å². The van der Waals surface area contributed by atoms with E-state index in [9.17, 15) is 4.79 Å². The average molecular weight is 187 g/mol. The molecule has 0 aromatic heterocycles. The number of aliphatic hydroxyl groups is 1. The number of carbonyl (C=O) groups excluding carboxylic acids is 1. The molecular formula is C9H17NO3. The van der Waals surface area contributed by atoms with Crippen LogP contribution in [-0.4, -0.2) is 37.4 Å². The smallest absolute Gasteiger partial charge is 0.325 e. The molecule has 0 aromatic carbocycles. The molecule has 76 valence electrons. The third-order valence-electron chi connectivity index (χ3n) is 1.54. The van der Waals surface area contributed by atoms with Crippen molar-refractivity contribution in [2.45, 2.75) is 19.9 Å². The zero-order chi connectivity index (χ0) is 10.3. The van der Waals surface area contributed by atoms with E-state index in [0.717, 1.165) is 5.57 Å². The summed E-state index contributed by atoms with van der Waals surface area (Å²) in [5, 5.41) is 11.7. The Bertz CT molecular complexity index is 185. The Hall–Kier alpha value is -0.870. The lowest BCUT2D eigenvalue weighted by Crippen LogP contribution is -2.40. The molecule has 1 unspecified atom stereocenters. The highest BCUT2D eigenvalue weighted by Crippen LogP contribution is 1.89. The Morgan fingerprint density at radius 3 is 2.62 bits per heavy atom. The predicted octanol–water partition coefficient (Wildman–Crippen LogP) is 0.0761. The second-order valence-electron chi connectivity index (χ2n) is 2.95. The summed E-state index contributed by atoms with van der Waals surface area (Å²) in [7, 11) is 1.30. The molecular weight excluding hydrogens is 170 g/mol. The first kappa shape index (κ1) is 12.1. The Labute approximate surface area is 78.6 Å². The van der Waals surface area contributed by atoms with E-state index in [1.54, 1.807) is 0 Å². The molecule has 4 heteroatoms. The number of aliphatic hydroxyl groups excluding tert-OH is 1. The summed E-state index contributed by atoms with van der Waals surface area (Å²) in [6, 6.07) is -0.624. The van der Waals surface area contributed by atoms with Gasteiger partial charge in [0.2, 0.25) is 0 Å². The maximum absolute atomic E-state index is 11.0. The first-order chi connectivity index (χ1) is 6.11. The lowest BCUT2D eigenvalue weighted by molar-refractivity contribution is -0.144. The van der Waals surface area contributed by atoms with Gasteiger partial charge in [-0.1, -0.05) is 11.6 Å². The number of ether oxygens (including phenoxy) is 1. The molecule has 0 spiro atoms. The van der Waals surface area contributed by atoms with Gasteiger partial charge in [-0.25, -0.2) is 0 Å². The Kier molecular flexibility index (Phi) is 6.18. The second kappa shape index (κ2) is 6.62. The zero-order valence-electron chi connectivity index (χ0n) is 8.33. The molecule has 0 bridgehead atoms. The summed E-state index contributed by atoms with van der Waals surface area (Å²) in [6.45, 7) is 4.24. The number of rotatable bonds is 5. The molecule has 4 nitrogen and oxygen atoms in total. The van der Waals surface area contributed by atoms with Crippen LogP contribution in [0.5, 0.6) is 0 Å². The van der Waals surface area contributed by atoms with Gasteiger partial charge in [-0.05, 0) is 13.8 Å². The zero-order valence-corrected chi connectivity index (χ0v) is 8.33. The number of carbonyl (C=O) groups is 1. The van der Waals surface area contributed by atoms with Crippen molar-refractivity contribution >= 4 is 5.97 Å². The van der Waals surface area contributed by atoms with E-state index in [-0.39, 0.29) is 6.61 Å². The molecule has 0 aliphatic carbocycles. The molecule has 0 aromatic rings. The lowest BCUT2D eigenvalue weighted by Gasteiger charge is -2.11. The number of nitrogens with one attached hydrogen (secondary N) is 1. The van der Waals surface area contributed by atoms with Crippen LogP contribution in [0, 0.1) is 0 Å². The minimum atomic E-state index is -0.624. The van der Waals surface area contributed by atoms with E-state index in [4.69, 9.17) is 5.11 Å². The van der Waals surface area contributed by atoms with Gasteiger partial charge in [0, 0.05) is 6.54 Å². The van der Waals surface area contributed by atoms with Crippen molar-refractivity contribution in [2.24, 2.45) is 0 Å². The van der Waals surface area contributed by atoms with Gasteiger partial charge in [0.15, 0.2) is 0 Å². The van der Waals surface area contributed by atoms with Crippen LogP contribution in [0.25, 0.3) is 0 Å². The molecule has 0 rings (SSSR count). The van der Waals surface area contributed by atoms with Crippen molar-refractivity contribution in [3.63, 3.8) is 0 Å². The minimum absolute atomic E-state index is 0.247. The Morgan fingerprint density at radius 1 is 1.62 bits per heavy atom. The standard InChI is InChI=1S/C9H17NO3/c1-7(2)4-5-10-8(6-11)9(12)13-3/h4,8,10-11H,5-6H2,1-3H3. The summed E-state index contributed by atoms with van der Waals surface area (Å²) in [6.07, 6.45) is 1.94. The fourth-order valence-electron chi connectivity index (χ4n) is 0.770. The molecule has 0 radical (unpaired) electrons. The molecule has 0 fully saturated rings. The molecule has 0 saturated carbocycles. The third-order valence-corrected chi connectivity index (χ3v) is 1.54. The van der Waals surface area contributed by atoms with Crippen LogP contribution in [-0.2, 0) is 9.53 Å². The van der Waals surface area contributed by atoms with Crippen molar-refractivity contribution < 1.29 is 14.6 Å². The number of allylic oxidation sites excluding steroid dienone is 1. The van der Waals surface area contributed by atoms with Crippen LogP contribution < -0.4 is 5.32 Å². The van der Waals surface area contributed by atoms with Crippen LogP contribution in [0.1, 0.15) is 13.8 Å². The summed E-state index contributed by atoms with van der Waals surface area (Å²) in [4.78, 5) is 11.0. The topological polar surface area (TPSA) is 58.6 Å². The van der Waals surface area contributed by atoms with Crippen molar-refractivity contribution in [3.8, 4) is 0 Å². The van der Waals surface area contributed by atoms with Gasteiger partial charge in [0.25, 0.3) is 0 Å². The van der Waals surface area contributed by atoms with Crippen molar-refractivity contribution in [2.75, 3.05) is 20.3 Å². The van der Waals surface area contributed by atoms with E-state index in [1.165, 1.54) is 7.11 Å². The van der Waals surface area contributed by atoms with Crippen molar-refractivity contribution in [3.05, 3.63) is 11.6 Å². The van der Waals surface area contributed by atoms with Crippen molar-refractivity contribution in [1.82, 2.24) is 5.32 Å². The maximum Gasteiger partial charge on any atom is 0.325 e. The van der Waals surface area contributed by atoms with Crippen molar-refractivity contribution in [1.29, 1.82) is 0 Å². The molecule has 0 saturated heterocycles. The van der Waals surface area contributed by atoms with Crippen LogP contribution in [0.4, 0.5) is 0 Å². The predicted molar refractivity (Wildman–Crippen MR) is 50.3 cm³/mol. The maximum atomic E-state index is 11.0. The first-order valence-electron chi connectivity index (χ1n) is 4.17. The van der Waals surface area contributed by atoms with Crippen LogP contribution >= 0.6 is 0 Å². The highest BCUT2D eigenvalue weighted by molar-refractivity contribution is 5.75. The summed E-state index contributed by atoms with van der Waals surface area (Å²) < 4.78 is 4.48. The Morgan fingerprint density at radius 2 is 2.23 bits per heavy atom. The highest BCUT2D eigenvalue weighted by Gasteiger charge is 2.15. The highest BCUT2D eigenvalue weighted by atomic mass is 16.5. The molecule has 0 heterocycles. The monoisotopic (exact) mass is 187 g/mol. The van der Waals surface area contributed by atoms with Gasteiger partial charge < -0.3 is 9.84 Å². The average Bonchev–Trinajstić information content (AvgIpc) is 2.11. The third kappa shape index (κ3) is 5.38. The van der Waals surface area contributed by atoms with Gasteiger partial charge in [-0.3, -0.25) is 10.1 Å². The summed E-state index contributed by atoms with van der Waals surface area (Å²) in [5.41, 5.74) is 1.16. The molecule has 0 aliphatic rings. The Balaban J connectivity index is 3.86. The fraction of sp³-hybridized carbons (Fsp3) is 0.667. The summed E-state index contributed by atoms with van der Waals surface area (Å²) >= 11 is 0. The van der Waals surface area contributed by atoms with Gasteiger partial charge in [0.05, 0.1) is 13.7 Å². The SMILES string of the molecule is COC(=O)C(CO)NCC=C(C)C.